The zero-order chi connectivity index (χ0) is 8.97. The standard InChI is InChI=1S/C10H22N2/c1-12(2)10(8-11)9-6-4-3-5-7-9/h9-10H,3-8,11H2,1-2H3/t10-/m1/s1. The van der Waals surface area contributed by atoms with Crippen molar-refractivity contribution in [3.05, 3.63) is 0 Å². The van der Waals surface area contributed by atoms with Crippen molar-refractivity contribution < 1.29 is 0 Å². The highest BCUT2D eigenvalue weighted by atomic mass is 15.1. The molecule has 0 heterocycles. The SMILES string of the molecule is CN(C)[C@H](CN)C1CCCCC1. The zero-order valence-corrected chi connectivity index (χ0v) is 8.42. The second kappa shape index (κ2) is 4.83. The summed E-state index contributed by atoms with van der Waals surface area (Å²) in [6, 6.07) is 0.616. The van der Waals surface area contributed by atoms with E-state index in [1.807, 2.05) is 0 Å². The van der Waals surface area contributed by atoms with Crippen LogP contribution in [0, 0.1) is 5.92 Å². The predicted molar refractivity (Wildman–Crippen MR) is 53.1 cm³/mol. The van der Waals surface area contributed by atoms with Crippen LogP contribution in [0.25, 0.3) is 0 Å². The summed E-state index contributed by atoms with van der Waals surface area (Å²) in [5, 5.41) is 0. The molecule has 2 nitrogen and oxygen atoms in total. The normalized spacial score (nSPS) is 23.0. The third-order valence-electron chi connectivity index (χ3n) is 3.10. The molecule has 0 aliphatic heterocycles. The van der Waals surface area contributed by atoms with Crippen LogP contribution in [0.4, 0.5) is 0 Å². The Morgan fingerprint density at radius 1 is 1.25 bits per heavy atom. The van der Waals surface area contributed by atoms with Crippen molar-refractivity contribution in [2.75, 3.05) is 20.6 Å². The van der Waals surface area contributed by atoms with Crippen molar-refractivity contribution in [1.82, 2.24) is 4.90 Å². The molecule has 1 aliphatic rings. The smallest absolute Gasteiger partial charge is 0.0240 e. The van der Waals surface area contributed by atoms with Crippen LogP contribution in [0.5, 0.6) is 0 Å². The molecule has 2 N–H and O–H groups in total. The summed E-state index contributed by atoms with van der Waals surface area (Å²) in [6.07, 6.45) is 7.03. The molecule has 0 aromatic carbocycles. The first-order valence-electron chi connectivity index (χ1n) is 5.12. The van der Waals surface area contributed by atoms with E-state index in [-0.39, 0.29) is 0 Å². The van der Waals surface area contributed by atoms with Gasteiger partial charge >= 0.3 is 0 Å². The highest BCUT2D eigenvalue weighted by Crippen LogP contribution is 2.27. The van der Waals surface area contributed by atoms with Gasteiger partial charge < -0.3 is 10.6 Å². The zero-order valence-electron chi connectivity index (χ0n) is 8.42. The van der Waals surface area contributed by atoms with Gasteiger partial charge in [-0.15, -0.1) is 0 Å². The first-order chi connectivity index (χ1) is 5.75. The molecule has 1 fully saturated rings. The Morgan fingerprint density at radius 2 is 1.83 bits per heavy atom. The van der Waals surface area contributed by atoms with Gasteiger partial charge in [0.2, 0.25) is 0 Å². The largest absolute Gasteiger partial charge is 0.329 e. The highest BCUT2D eigenvalue weighted by Gasteiger charge is 2.23. The van der Waals surface area contributed by atoms with E-state index in [2.05, 4.69) is 19.0 Å². The monoisotopic (exact) mass is 170 g/mol. The molecular weight excluding hydrogens is 148 g/mol. The quantitative estimate of drug-likeness (QED) is 0.694. The van der Waals surface area contributed by atoms with Crippen LogP contribution in [-0.4, -0.2) is 31.6 Å². The van der Waals surface area contributed by atoms with Crippen LogP contribution in [-0.2, 0) is 0 Å². The minimum absolute atomic E-state index is 0.616. The van der Waals surface area contributed by atoms with Crippen LogP contribution >= 0.6 is 0 Å². The fourth-order valence-electron chi connectivity index (χ4n) is 2.34. The average molecular weight is 170 g/mol. The van der Waals surface area contributed by atoms with Gasteiger partial charge in [0.15, 0.2) is 0 Å². The second-order valence-corrected chi connectivity index (χ2v) is 4.16. The van der Waals surface area contributed by atoms with Gasteiger partial charge in [-0.25, -0.2) is 0 Å². The van der Waals surface area contributed by atoms with Crippen molar-refractivity contribution in [1.29, 1.82) is 0 Å². The summed E-state index contributed by atoms with van der Waals surface area (Å²) in [5.74, 6) is 0.860. The summed E-state index contributed by atoms with van der Waals surface area (Å²) >= 11 is 0. The Kier molecular flexibility index (Phi) is 4.02. The van der Waals surface area contributed by atoms with Gasteiger partial charge in [-0.1, -0.05) is 19.3 Å². The minimum Gasteiger partial charge on any atom is -0.329 e. The molecule has 1 aliphatic carbocycles. The van der Waals surface area contributed by atoms with Crippen LogP contribution in [0.3, 0.4) is 0 Å². The lowest BCUT2D eigenvalue weighted by Crippen LogP contribution is -2.42. The van der Waals surface area contributed by atoms with Gasteiger partial charge in [0.25, 0.3) is 0 Å². The van der Waals surface area contributed by atoms with E-state index >= 15 is 0 Å². The summed E-state index contributed by atoms with van der Waals surface area (Å²) in [6.45, 7) is 0.817. The third kappa shape index (κ3) is 2.46. The molecule has 1 saturated carbocycles. The average Bonchev–Trinajstić information content (AvgIpc) is 2.07. The number of hydrogen-bond acceptors (Lipinski definition) is 2. The van der Waals surface area contributed by atoms with Crippen LogP contribution in [0.1, 0.15) is 32.1 Å². The number of hydrogen-bond donors (Lipinski definition) is 1. The van der Waals surface area contributed by atoms with Gasteiger partial charge in [-0.3, -0.25) is 0 Å². The van der Waals surface area contributed by atoms with Crippen LogP contribution in [0.2, 0.25) is 0 Å². The topological polar surface area (TPSA) is 29.3 Å². The molecule has 0 saturated heterocycles. The molecule has 1 atom stereocenters. The predicted octanol–water partition coefficient (Wildman–Crippen LogP) is 1.46. The minimum atomic E-state index is 0.616. The van der Waals surface area contributed by atoms with Crippen molar-refractivity contribution >= 4 is 0 Å². The van der Waals surface area contributed by atoms with Gasteiger partial charge in [0.1, 0.15) is 0 Å². The number of nitrogens with zero attached hydrogens (tertiary/aromatic N) is 1. The summed E-state index contributed by atoms with van der Waals surface area (Å²) in [7, 11) is 4.29. The van der Waals surface area contributed by atoms with E-state index in [1.54, 1.807) is 0 Å². The molecule has 0 spiro atoms. The van der Waals surface area contributed by atoms with Crippen molar-refractivity contribution in [3.63, 3.8) is 0 Å². The lowest BCUT2D eigenvalue weighted by atomic mass is 9.83. The highest BCUT2D eigenvalue weighted by molar-refractivity contribution is 4.79. The summed E-state index contributed by atoms with van der Waals surface area (Å²) in [5.41, 5.74) is 5.76. The molecule has 0 aromatic heterocycles. The molecule has 0 bridgehead atoms. The van der Waals surface area contributed by atoms with Gasteiger partial charge in [-0.05, 0) is 32.9 Å². The van der Waals surface area contributed by atoms with E-state index in [1.165, 1.54) is 32.1 Å². The maximum Gasteiger partial charge on any atom is 0.0240 e. The Balaban J connectivity index is 2.40. The second-order valence-electron chi connectivity index (χ2n) is 4.16. The molecule has 0 amide bonds. The van der Waals surface area contributed by atoms with E-state index in [0.29, 0.717) is 6.04 Å². The van der Waals surface area contributed by atoms with E-state index in [0.717, 1.165) is 12.5 Å². The fraction of sp³-hybridized carbons (Fsp3) is 1.00. The molecule has 0 radical (unpaired) electrons. The summed E-state index contributed by atoms with van der Waals surface area (Å²) in [4.78, 5) is 2.29. The third-order valence-corrected chi connectivity index (χ3v) is 3.10. The number of likely N-dealkylation sites (N-methyl/N-ethyl adjacent to an activating group) is 1. The molecule has 0 aromatic rings. The van der Waals surface area contributed by atoms with Crippen molar-refractivity contribution in [2.45, 2.75) is 38.1 Å². The lowest BCUT2D eigenvalue weighted by Gasteiger charge is -2.33. The molecule has 2 heteroatoms. The maximum absolute atomic E-state index is 5.76. The molecular formula is C10H22N2. The number of rotatable bonds is 3. The van der Waals surface area contributed by atoms with Gasteiger partial charge in [0, 0.05) is 12.6 Å². The number of nitrogens with two attached hydrogens (primary N) is 1. The molecule has 1 rings (SSSR count). The van der Waals surface area contributed by atoms with Gasteiger partial charge in [-0.2, -0.15) is 0 Å². The molecule has 12 heavy (non-hydrogen) atoms. The van der Waals surface area contributed by atoms with Crippen molar-refractivity contribution in [3.8, 4) is 0 Å². The lowest BCUT2D eigenvalue weighted by molar-refractivity contribution is 0.175. The summed E-state index contributed by atoms with van der Waals surface area (Å²) < 4.78 is 0. The Morgan fingerprint density at radius 3 is 2.25 bits per heavy atom. The Labute approximate surface area is 76.1 Å². The first-order valence-corrected chi connectivity index (χ1v) is 5.12. The molecule has 0 unspecified atom stereocenters. The van der Waals surface area contributed by atoms with Crippen LogP contribution < -0.4 is 5.73 Å². The van der Waals surface area contributed by atoms with E-state index in [9.17, 15) is 0 Å². The van der Waals surface area contributed by atoms with Crippen LogP contribution in [0.15, 0.2) is 0 Å². The maximum atomic E-state index is 5.76. The Hall–Kier alpha value is -0.0800. The first kappa shape index (κ1) is 10.0. The molecule has 72 valence electrons. The Bertz CT molecular complexity index is 117. The van der Waals surface area contributed by atoms with Gasteiger partial charge in [0.05, 0.1) is 0 Å². The van der Waals surface area contributed by atoms with Crippen molar-refractivity contribution in [2.24, 2.45) is 11.7 Å². The van der Waals surface area contributed by atoms with E-state index in [4.69, 9.17) is 5.73 Å². The van der Waals surface area contributed by atoms with E-state index < -0.39 is 0 Å². The fourth-order valence-corrected chi connectivity index (χ4v) is 2.34.